The van der Waals surface area contributed by atoms with E-state index in [1.807, 2.05) is 13.1 Å². The largest absolute Gasteiger partial charge is 0.396 e. The van der Waals surface area contributed by atoms with Crippen LogP contribution in [0, 0.1) is 5.92 Å². The van der Waals surface area contributed by atoms with Gasteiger partial charge in [0.25, 0.3) is 0 Å². The molecule has 0 saturated carbocycles. The Morgan fingerprint density at radius 3 is 3.00 bits per heavy atom. The molecule has 0 amide bonds. The zero-order valence-electron chi connectivity index (χ0n) is 10.8. The number of aliphatic hydroxyl groups is 1. The van der Waals surface area contributed by atoms with Crippen molar-refractivity contribution < 1.29 is 5.11 Å². The van der Waals surface area contributed by atoms with E-state index < -0.39 is 0 Å². The number of halogens is 1. The summed E-state index contributed by atoms with van der Waals surface area (Å²) >= 11 is 6.36. The van der Waals surface area contributed by atoms with Crippen molar-refractivity contribution in [2.45, 2.75) is 19.4 Å². The minimum absolute atomic E-state index is 0.270. The number of aliphatic hydroxyl groups excluding tert-OH is 1. The SMILES string of the molecule is CNCc1ccc(N2CCCC(CO)C2)c(Cl)c1. The lowest BCUT2D eigenvalue weighted by atomic mass is 9.98. The molecule has 1 aliphatic heterocycles. The number of benzene rings is 1. The quantitative estimate of drug-likeness (QED) is 0.879. The Kier molecular flexibility index (Phi) is 4.87. The number of rotatable bonds is 4. The minimum Gasteiger partial charge on any atom is -0.396 e. The Hall–Kier alpha value is -0.770. The maximum absolute atomic E-state index is 9.27. The third-order valence-electron chi connectivity index (χ3n) is 3.51. The lowest BCUT2D eigenvalue weighted by molar-refractivity contribution is 0.209. The molecular formula is C14H21ClN2O. The first kappa shape index (κ1) is 13.7. The standard InChI is InChI=1S/C14H21ClN2O/c1-16-8-11-4-5-14(13(15)7-11)17-6-2-3-12(9-17)10-18/h4-5,7,12,16,18H,2-3,6,8-10H2,1H3. The van der Waals surface area contributed by atoms with Crippen LogP contribution >= 0.6 is 11.6 Å². The van der Waals surface area contributed by atoms with Crippen LogP contribution in [0.3, 0.4) is 0 Å². The molecule has 2 rings (SSSR count). The lowest BCUT2D eigenvalue weighted by Crippen LogP contribution is -2.36. The molecule has 0 bridgehead atoms. The summed E-state index contributed by atoms with van der Waals surface area (Å²) < 4.78 is 0. The minimum atomic E-state index is 0.270. The summed E-state index contributed by atoms with van der Waals surface area (Å²) in [4.78, 5) is 2.29. The average Bonchev–Trinajstić information content (AvgIpc) is 2.39. The van der Waals surface area contributed by atoms with Crippen molar-refractivity contribution in [2.24, 2.45) is 5.92 Å². The van der Waals surface area contributed by atoms with Crippen molar-refractivity contribution in [3.05, 3.63) is 28.8 Å². The van der Waals surface area contributed by atoms with Crippen molar-refractivity contribution in [3.8, 4) is 0 Å². The number of nitrogens with one attached hydrogen (secondary N) is 1. The zero-order valence-corrected chi connectivity index (χ0v) is 11.6. The van der Waals surface area contributed by atoms with Crippen molar-refractivity contribution in [3.63, 3.8) is 0 Å². The molecule has 2 N–H and O–H groups in total. The predicted molar refractivity (Wildman–Crippen MR) is 76.2 cm³/mol. The fourth-order valence-electron chi connectivity index (χ4n) is 2.55. The van der Waals surface area contributed by atoms with Crippen molar-refractivity contribution in [1.82, 2.24) is 5.32 Å². The van der Waals surface area contributed by atoms with Crippen LogP contribution in [0.1, 0.15) is 18.4 Å². The Morgan fingerprint density at radius 2 is 2.33 bits per heavy atom. The molecule has 18 heavy (non-hydrogen) atoms. The molecule has 100 valence electrons. The van der Waals surface area contributed by atoms with Crippen molar-refractivity contribution >= 4 is 17.3 Å². The number of piperidine rings is 1. The molecule has 1 fully saturated rings. The van der Waals surface area contributed by atoms with Crippen LogP contribution in [0.25, 0.3) is 0 Å². The Bertz CT molecular complexity index is 397. The first-order valence-corrected chi connectivity index (χ1v) is 6.91. The molecule has 0 aliphatic carbocycles. The second-order valence-electron chi connectivity index (χ2n) is 4.95. The van der Waals surface area contributed by atoms with E-state index in [-0.39, 0.29) is 6.61 Å². The van der Waals surface area contributed by atoms with Gasteiger partial charge in [-0.1, -0.05) is 17.7 Å². The normalized spacial score (nSPS) is 20.2. The van der Waals surface area contributed by atoms with Crippen molar-refractivity contribution in [1.29, 1.82) is 0 Å². The average molecular weight is 269 g/mol. The van der Waals surface area contributed by atoms with Gasteiger partial charge in [0.15, 0.2) is 0 Å². The highest BCUT2D eigenvalue weighted by atomic mass is 35.5. The first-order valence-electron chi connectivity index (χ1n) is 6.53. The molecular weight excluding hydrogens is 248 g/mol. The molecule has 1 aliphatic rings. The van der Waals surface area contributed by atoms with E-state index in [4.69, 9.17) is 11.6 Å². The number of anilines is 1. The monoisotopic (exact) mass is 268 g/mol. The smallest absolute Gasteiger partial charge is 0.0642 e. The van der Waals surface area contributed by atoms with Gasteiger partial charge in [0, 0.05) is 26.2 Å². The van der Waals surface area contributed by atoms with E-state index in [2.05, 4.69) is 22.3 Å². The summed E-state index contributed by atoms with van der Waals surface area (Å²) in [6.07, 6.45) is 2.24. The highest BCUT2D eigenvalue weighted by Gasteiger charge is 2.20. The molecule has 1 heterocycles. The zero-order chi connectivity index (χ0) is 13.0. The maximum Gasteiger partial charge on any atom is 0.0642 e. The van der Waals surface area contributed by atoms with E-state index in [0.29, 0.717) is 5.92 Å². The number of hydrogen-bond acceptors (Lipinski definition) is 3. The molecule has 1 saturated heterocycles. The molecule has 0 spiro atoms. The van der Waals surface area contributed by atoms with Gasteiger partial charge in [-0.05, 0) is 43.5 Å². The summed E-state index contributed by atoms with van der Waals surface area (Å²) in [5, 5.41) is 13.2. The molecule has 3 nitrogen and oxygen atoms in total. The second kappa shape index (κ2) is 6.41. The van der Waals surface area contributed by atoms with Gasteiger partial charge >= 0.3 is 0 Å². The van der Waals surface area contributed by atoms with E-state index in [1.54, 1.807) is 0 Å². The van der Waals surface area contributed by atoms with Gasteiger partial charge < -0.3 is 15.3 Å². The highest BCUT2D eigenvalue weighted by Crippen LogP contribution is 2.30. The molecule has 0 radical (unpaired) electrons. The summed E-state index contributed by atoms with van der Waals surface area (Å²) in [5.41, 5.74) is 2.29. The van der Waals surface area contributed by atoms with Gasteiger partial charge in [-0.15, -0.1) is 0 Å². The third-order valence-corrected chi connectivity index (χ3v) is 3.81. The highest BCUT2D eigenvalue weighted by molar-refractivity contribution is 6.33. The fraction of sp³-hybridized carbons (Fsp3) is 0.571. The van der Waals surface area contributed by atoms with Crippen LogP contribution in [0.4, 0.5) is 5.69 Å². The number of nitrogens with zero attached hydrogens (tertiary/aromatic N) is 1. The Balaban J connectivity index is 2.12. The predicted octanol–water partition coefficient (Wildman–Crippen LogP) is 2.27. The Morgan fingerprint density at radius 1 is 1.50 bits per heavy atom. The summed E-state index contributed by atoms with van der Waals surface area (Å²) in [6.45, 7) is 3.04. The van der Waals surface area contributed by atoms with Gasteiger partial charge in [0.2, 0.25) is 0 Å². The maximum atomic E-state index is 9.27. The van der Waals surface area contributed by atoms with E-state index in [9.17, 15) is 5.11 Å². The summed E-state index contributed by atoms with van der Waals surface area (Å²) in [7, 11) is 1.93. The molecule has 0 aromatic heterocycles. The summed E-state index contributed by atoms with van der Waals surface area (Å²) in [6, 6.07) is 6.23. The lowest BCUT2D eigenvalue weighted by Gasteiger charge is -2.34. The molecule has 1 aromatic rings. The van der Waals surface area contributed by atoms with E-state index in [1.165, 1.54) is 5.56 Å². The fourth-order valence-corrected chi connectivity index (χ4v) is 2.88. The Labute approximate surface area is 114 Å². The van der Waals surface area contributed by atoms with Gasteiger partial charge in [0.1, 0.15) is 0 Å². The number of hydrogen-bond donors (Lipinski definition) is 2. The van der Waals surface area contributed by atoms with E-state index in [0.717, 1.165) is 43.2 Å². The van der Waals surface area contributed by atoms with Crippen LogP contribution in [0.2, 0.25) is 5.02 Å². The summed E-state index contributed by atoms with van der Waals surface area (Å²) in [5.74, 6) is 0.381. The molecule has 1 atom stereocenters. The van der Waals surface area contributed by atoms with Gasteiger partial charge in [-0.3, -0.25) is 0 Å². The van der Waals surface area contributed by atoms with Crippen molar-refractivity contribution in [2.75, 3.05) is 31.6 Å². The van der Waals surface area contributed by atoms with E-state index >= 15 is 0 Å². The third kappa shape index (κ3) is 3.16. The first-order chi connectivity index (χ1) is 8.74. The van der Waals surface area contributed by atoms with Crippen LogP contribution in [-0.2, 0) is 6.54 Å². The van der Waals surface area contributed by atoms with Gasteiger partial charge in [0.05, 0.1) is 10.7 Å². The van der Waals surface area contributed by atoms with Crippen LogP contribution < -0.4 is 10.2 Å². The van der Waals surface area contributed by atoms with Gasteiger partial charge in [-0.2, -0.15) is 0 Å². The van der Waals surface area contributed by atoms with Gasteiger partial charge in [-0.25, -0.2) is 0 Å². The van der Waals surface area contributed by atoms with Crippen LogP contribution in [0.5, 0.6) is 0 Å². The molecule has 4 heteroatoms. The second-order valence-corrected chi connectivity index (χ2v) is 5.36. The molecule has 1 unspecified atom stereocenters. The molecule has 1 aromatic carbocycles. The van der Waals surface area contributed by atoms with Crippen LogP contribution in [-0.4, -0.2) is 31.9 Å². The topological polar surface area (TPSA) is 35.5 Å². The van der Waals surface area contributed by atoms with Crippen LogP contribution in [0.15, 0.2) is 18.2 Å².